The molecule has 0 radical (unpaired) electrons. The number of halogens is 1. The van der Waals surface area contributed by atoms with Crippen LogP contribution < -0.4 is 5.32 Å². The van der Waals surface area contributed by atoms with E-state index in [4.69, 9.17) is 4.74 Å². The van der Waals surface area contributed by atoms with Gasteiger partial charge < -0.3 is 10.1 Å². The summed E-state index contributed by atoms with van der Waals surface area (Å²) in [4.78, 5) is 35.6. The van der Waals surface area contributed by atoms with Gasteiger partial charge in [0.25, 0.3) is 5.91 Å². The van der Waals surface area contributed by atoms with Crippen molar-refractivity contribution in [1.29, 1.82) is 0 Å². The monoisotopic (exact) mass is 335 g/mol. The van der Waals surface area contributed by atoms with E-state index in [9.17, 15) is 18.8 Å². The molecule has 1 aliphatic rings. The van der Waals surface area contributed by atoms with Crippen molar-refractivity contribution in [1.82, 2.24) is 5.32 Å². The number of hydrogen-bond acceptors (Lipinski definition) is 4. The second kappa shape index (κ2) is 8.57. The summed E-state index contributed by atoms with van der Waals surface area (Å²) in [6, 6.07) is 5.31. The minimum Gasteiger partial charge on any atom is -0.453 e. The van der Waals surface area contributed by atoms with Crippen LogP contribution in [0.15, 0.2) is 24.3 Å². The first-order chi connectivity index (χ1) is 11.5. The molecule has 24 heavy (non-hydrogen) atoms. The van der Waals surface area contributed by atoms with Crippen LogP contribution in [0.25, 0.3) is 0 Å². The van der Waals surface area contributed by atoms with E-state index in [-0.39, 0.29) is 30.6 Å². The quantitative estimate of drug-likeness (QED) is 0.614. The number of Topliss-reactive ketones (excluding diaryl/α,β-unsaturated/α-hetero) is 1. The van der Waals surface area contributed by atoms with Crippen LogP contribution in [-0.4, -0.2) is 29.8 Å². The van der Waals surface area contributed by atoms with E-state index in [0.29, 0.717) is 5.56 Å². The molecule has 1 aromatic rings. The van der Waals surface area contributed by atoms with Gasteiger partial charge in [0.1, 0.15) is 5.82 Å². The van der Waals surface area contributed by atoms with Gasteiger partial charge in [-0.25, -0.2) is 4.39 Å². The number of benzene rings is 1. The van der Waals surface area contributed by atoms with Gasteiger partial charge in [-0.05, 0) is 44.0 Å². The van der Waals surface area contributed by atoms with E-state index in [1.165, 1.54) is 31.2 Å². The fourth-order valence-electron chi connectivity index (χ4n) is 2.69. The number of ether oxygens (including phenoxy) is 1. The van der Waals surface area contributed by atoms with Crippen molar-refractivity contribution < 1.29 is 23.5 Å². The van der Waals surface area contributed by atoms with Crippen LogP contribution in [0.1, 0.15) is 55.8 Å². The Kier molecular flexibility index (Phi) is 6.46. The maximum Gasteiger partial charge on any atom is 0.307 e. The van der Waals surface area contributed by atoms with E-state index in [0.717, 1.165) is 25.7 Å². The summed E-state index contributed by atoms with van der Waals surface area (Å²) >= 11 is 0. The third-order valence-electron chi connectivity index (χ3n) is 4.10. The lowest BCUT2D eigenvalue weighted by atomic mass is 10.1. The van der Waals surface area contributed by atoms with Crippen LogP contribution in [0, 0.1) is 5.82 Å². The van der Waals surface area contributed by atoms with E-state index in [1.807, 2.05) is 0 Å². The predicted molar refractivity (Wildman–Crippen MR) is 85.9 cm³/mol. The summed E-state index contributed by atoms with van der Waals surface area (Å²) in [5.41, 5.74) is 0.344. The van der Waals surface area contributed by atoms with Crippen LogP contribution >= 0.6 is 0 Å². The zero-order chi connectivity index (χ0) is 17.5. The molecule has 6 heteroatoms. The van der Waals surface area contributed by atoms with Crippen molar-refractivity contribution in [3.05, 3.63) is 35.6 Å². The molecule has 0 unspecified atom stereocenters. The number of nitrogens with one attached hydrogen (secondary N) is 1. The Morgan fingerprint density at radius 3 is 2.42 bits per heavy atom. The molecule has 5 nitrogen and oxygen atoms in total. The van der Waals surface area contributed by atoms with Gasteiger partial charge in [-0.1, -0.05) is 12.8 Å². The standard InChI is InChI=1S/C18H22FNO4/c1-12(18(23)20-15-4-2-3-5-15)24-17(22)11-10-16(21)13-6-8-14(19)9-7-13/h6-9,12,15H,2-5,10-11H2,1H3,(H,20,23)/t12-/m1/s1. The molecule has 1 N–H and O–H groups in total. The van der Waals surface area contributed by atoms with Crippen LogP contribution in [0.5, 0.6) is 0 Å². The second-order valence-corrected chi connectivity index (χ2v) is 6.05. The minimum atomic E-state index is -0.876. The van der Waals surface area contributed by atoms with Crippen molar-refractivity contribution in [3.8, 4) is 0 Å². The summed E-state index contributed by atoms with van der Waals surface area (Å²) < 4.78 is 17.9. The zero-order valence-electron chi connectivity index (χ0n) is 13.7. The predicted octanol–water partition coefficient (Wildman–Crippen LogP) is 2.78. The van der Waals surface area contributed by atoms with Gasteiger partial charge in [-0.2, -0.15) is 0 Å². The zero-order valence-corrected chi connectivity index (χ0v) is 13.7. The Morgan fingerprint density at radius 2 is 1.79 bits per heavy atom. The number of amides is 1. The first-order valence-electron chi connectivity index (χ1n) is 8.24. The minimum absolute atomic E-state index is 0.0402. The highest BCUT2D eigenvalue weighted by Crippen LogP contribution is 2.17. The molecular weight excluding hydrogens is 313 g/mol. The molecule has 0 heterocycles. The van der Waals surface area contributed by atoms with Gasteiger partial charge >= 0.3 is 5.97 Å². The van der Waals surface area contributed by atoms with Gasteiger partial charge in [0.15, 0.2) is 11.9 Å². The summed E-state index contributed by atoms with van der Waals surface area (Å²) in [5.74, 6) is -1.59. The van der Waals surface area contributed by atoms with Crippen molar-refractivity contribution in [2.45, 2.75) is 57.6 Å². The fourth-order valence-corrected chi connectivity index (χ4v) is 2.69. The molecular formula is C18H22FNO4. The van der Waals surface area contributed by atoms with Crippen LogP contribution in [-0.2, 0) is 14.3 Å². The Hall–Kier alpha value is -2.24. The van der Waals surface area contributed by atoms with E-state index in [1.54, 1.807) is 0 Å². The molecule has 0 saturated heterocycles. The average Bonchev–Trinajstić information content (AvgIpc) is 3.06. The molecule has 130 valence electrons. The highest BCUT2D eigenvalue weighted by molar-refractivity contribution is 5.97. The number of carbonyl (C=O) groups excluding carboxylic acids is 3. The highest BCUT2D eigenvalue weighted by Gasteiger charge is 2.23. The van der Waals surface area contributed by atoms with E-state index >= 15 is 0 Å². The molecule has 1 atom stereocenters. The average molecular weight is 335 g/mol. The van der Waals surface area contributed by atoms with Gasteiger partial charge in [0.05, 0.1) is 6.42 Å². The molecule has 0 aromatic heterocycles. The lowest BCUT2D eigenvalue weighted by Gasteiger charge is -2.17. The molecule has 0 bridgehead atoms. The highest BCUT2D eigenvalue weighted by atomic mass is 19.1. The van der Waals surface area contributed by atoms with Gasteiger partial charge in [-0.15, -0.1) is 0 Å². The molecule has 0 spiro atoms. The van der Waals surface area contributed by atoms with Gasteiger partial charge in [0.2, 0.25) is 0 Å². The number of rotatable bonds is 7. The normalized spacial score (nSPS) is 15.8. The van der Waals surface area contributed by atoms with Crippen molar-refractivity contribution >= 4 is 17.7 Å². The van der Waals surface area contributed by atoms with E-state index in [2.05, 4.69) is 5.32 Å². The summed E-state index contributed by atoms with van der Waals surface area (Å²) in [6.45, 7) is 1.52. The third-order valence-corrected chi connectivity index (χ3v) is 4.10. The fraction of sp³-hybridized carbons (Fsp3) is 0.500. The Morgan fingerprint density at radius 1 is 1.17 bits per heavy atom. The lowest BCUT2D eigenvalue weighted by molar-refractivity contribution is -0.155. The SMILES string of the molecule is C[C@@H](OC(=O)CCC(=O)c1ccc(F)cc1)C(=O)NC1CCCC1. The molecule has 1 saturated carbocycles. The number of hydrogen-bond donors (Lipinski definition) is 1. The van der Waals surface area contributed by atoms with Gasteiger partial charge in [0, 0.05) is 18.0 Å². The Balaban J connectivity index is 1.72. The van der Waals surface area contributed by atoms with Crippen LogP contribution in [0.3, 0.4) is 0 Å². The maximum atomic E-state index is 12.8. The van der Waals surface area contributed by atoms with Crippen molar-refractivity contribution in [2.24, 2.45) is 0 Å². The number of carbonyl (C=O) groups is 3. The van der Waals surface area contributed by atoms with Gasteiger partial charge in [-0.3, -0.25) is 14.4 Å². The second-order valence-electron chi connectivity index (χ2n) is 6.05. The van der Waals surface area contributed by atoms with Crippen LogP contribution in [0.4, 0.5) is 4.39 Å². The topological polar surface area (TPSA) is 72.5 Å². The lowest BCUT2D eigenvalue weighted by Crippen LogP contribution is -2.40. The molecule has 1 aromatic carbocycles. The molecule has 1 fully saturated rings. The maximum absolute atomic E-state index is 12.8. The summed E-state index contributed by atoms with van der Waals surface area (Å²) in [7, 11) is 0. The largest absolute Gasteiger partial charge is 0.453 e. The summed E-state index contributed by atoms with van der Waals surface area (Å²) in [6.07, 6.45) is 3.09. The Labute approximate surface area is 140 Å². The van der Waals surface area contributed by atoms with Crippen molar-refractivity contribution in [2.75, 3.05) is 0 Å². The molecule has 2 rings (SSSR count). The smallest absolute Gasteiger partial charge is 0.307 e. The Bertz CT molecular complexity index is 594. The van der Waals surface area contributed by atoms with Crippen LogP contribution in [0.2, 0.25) is 0 Å². The van der Waals surface area contributed by atoms with E-state index < -0.39 is 17.9 Å². The molecule has 1 amide bonds. The third kappa shape index (κ3) is 5.44. The number of ketones is 1. The first-order valence-corrected chi connectivity index (χ1v) is 8.24. The van der Waals surface area contributed by atoms with Crippen molar-refractivity contribution in [3.63, 3.8) is 0 Å². The number of esters is 1. The summed E-state index contributed by atoms with van der Waals surface area (Å²) in [5, 5.41) is 2.86. The molecule has 0 aliphatic heterocycles. The first kappa shape index (κ1) is 18.1. The molecule has 1 aliphatic carbocycles.